The molecule has 1 N–H and O–H groups in total. The lowest BCUT2D eigenvalue weighted by molar-refractivity contribution is -0.118. The molecule has 0 aliphatic heterocycles. The molecule has 1 heterocycles. The number of hydrogen-bond acceptors (Lipinski definition) is 2. The number of carbonyl (C=O) groups is 1. The monoisotopic (exact) mass is 366 g/mol. The van der Waals surface area contributed by atoms with Gasteiger partial charge in [0.2, 0.25) is 0 Å². The fraction of sp³-hybridized carbons (Fsp3) is 0.176. The number of rotatable bonds is 5. The number of carbonyl (C=O) groups excluding carboxylic acids is 1. The number of fused-ring (bicyclic) bond motifs is 1. The van der Waals surface area contributed by atoms with Crippen molar-refractivity contribution in [2.75, 3.05) is 0 Å². The van der Waals surface area contributed by atoms with Gasteiger partial charge in [-0.1, -0.05) is 34.8 Å². The molecule has 0 aliphatic carbocycles. The van der Waals surface area contributed by atoms with Crippen molar-refractivity contribution in [1.29, 1.82) is 0 Å². The average molecular weight is 368 g/mol. The summed E-state index contributed by atoms with van der Waals surface area (Å²) in [6.07, 6.45) is 1.27. The highest BCUT2D eigenvalue weighted by molar-refractivity contribution is 6.34. The van der Waals surface area contributed by atoms with Gasteiger partial charge in [0.05, 0.1) is 11.0 Å². The highest BCUT2D eigenvalue weighted by atomic mass is 35.5. The molecule has 3 nitrogen and oxygen atoms in total. The van der Waals surface area contributed by atoms with Gasteiger partial charge in [0.1, 0.15) is 11.6 Å². The van der Waals surface area contributed by atoms with E-state index in [2.05, 4.69) is 9.97 Å². The van der Waals surface area contributed by atoms with Crippen LogP contribution in [-0.4, -0.2) is 15.8 Å². The van der Waals surface area contributed by atoms with Crippen molar-refractivity contribution in [3.63, 3.8) is 0 Å². The molecule has 0 bridgehead atoms. The van der Waals surface area contributed by atoms with E-state index in [1.165, 1.54) is 0 Å². The summed E-state index contributed by atoms with van der Waals surface area (Å²) < 4.78 is 0. The van der Waals surface area contributed by atoms with Crippen LogP contribution in [0.5, 0.6) is 0 Å². The minimum absolute atomic E-state index is 0.113. The Kier molecular flexibility index (Phi) is 4.90. The molecule has 6 heteroatoms. The molecule has 0 unspecified atom stereocenters. The fourth-order valence-corrected chi connectivity index (χ4v) is 3.18. The van der Waals surface area contributed by atoms with Crippen LogP contribution >= 0.6 is 34.8 Å². The normalized spacial score (nSPS) is 11.1. The van der Waals surface area contributed by atoms with Gasteiger partial charge in [0, 0.05) is 34.3 Å². The molecule has 3 rings (SSSR count). The summed E-state index contributed by atoms with van der Waals surface area (Å²) in [4.78, 5) is 19.8. The second-order valence-electron chi connectivity index (χ2n) is 5.34. The molecule has 1 aromatic heterocycles. The van der Waals surface area contributed by atoms with Crippen LogP contribution in [-0.2, 0) is 17.6 Å². The number of hydrogen-bond donors (Lipinski definition) is 1. The highest BCUT2D eigenvalue weighted by Gasteiger charge is 2.09. The van der Waals surface area contributed by atoms with Gasteiger partial charge in [-0.05, 0) is 42.0 Å². The lowest BCUT2D eigenvalue weighted by Crippen LogP contribution is -2.05. The quantitative estimate of drug-likeness (QED) is 0.668. The zero-order valence-corrected chi connectivity index (χ0v) is 14.3. The van der Waals surface area contributed by atoms with Gasteiger partial charge in [-0.15, -0.1) is 0 Å². The predicted octanol–water partition coefficient (Wildman–Crippen LogP) is 5.27. The highest BCUT2D eigenvalue weighted by Crippen LogP contribution is 2.20. The van der Waals surface area contributed by atoms with Crippen LogP contribution in [0.4, 0.5) is 0 Å². The van der Waals surface area contributed by atoms with Crippen molar-refractivity contribution in [3.8, 4) is 0 Å². The van der Waals surface area contributed by atoms with Gasteiger partial charge < -0.3 is 4.98 Å². The van der Waals surface area contributed by atoms with E-state index in [0.717, 1.165) is 22.4 Å². The van der Waals surface area contributed by atoms with Gasteiger partial charge in [0.15, 0.2) is 0 Å². The van der Waals surface area contributed by atoms with Crippen LogP contribution in [0.1, 0.15) is 17.8 Å². The maximum Gasteiger partial charge on any atom is 0.137 e. The number of ketones is 1. The van der Waals surface area contributed by atoms with Crippen molar-refractivity contribution in [3.05, 3.63) is 62.9 Å². The molecule has 0 amide bonds. The molecule has 0 saturated carbocycles. The van der Waals surface area contributed by atoms with E-state index in [0.29, 0.717) is 34.3 Å². The minimum atomic E-state index is 0.113. The smallest absolute Gasteiger partial charge is 0.137 e. The zero-order valence-electron chi connectivity index (χ0n) is 12.1. The van der Waals surface area contributed by atoms with Crippen molar-refractivity contribution in [2.24, 2.45) is 0 Å². The van der Waals surface area contributed by atoms with Gasteiger partial charge in [0.25, 0.3) is 0 Å². The Morgan fingerprint density at radius 2 is 1.74 bits per heavy atom. The van der Waals surface area contributed by atoms with E-state index in [1.54, 1.807) is 24.3 Å². The third kappa shape index (κ3) is 4.25. The number of imidazole rings is 1. The largest absolute Gasteiger partial charge is 0.342 e. The van der Waals surface area contributed by atoms with Gasteiger partial charge in [-0.25, -0.2) is 4.98 Å². The summed E-state index contributed by atoms with van der Waals surface area (Å²) in [5.74, 6) is 0.890. The average Bonchev–Trinajstić information content (AvgIpc) is 2.86. The number of halogens is 3. The SMILES string of the molecule is O=C(CCc1nc2ccc(Cl)cc2[nH]1)Cc1cc(Cl)cc(Cl)c1. The first-order valence-electron chi connectivity index (χ1n) is 7.10. The standard InChI is InChI=1S/C17H13Cl3N2O/c18-11-1-3-15-16(9-11)22-17(21-15)4-2-14(23)7-10-5-12(19)8-13(20)6-10/h1,3,5-6,8-9H,2,4,7H2,(H,21,22). The lowest BCUT2D eigenvalue weighted by atomic mass is 10.1. The van der Waals surface area contributed by atoms with E-state index < -0.39 is 0 Å². The molecule has 0 fully saturated rings. The van der Waals surface area contributed by atoms with Crippen molar-refractivity contribution >= 4 is 51.6 Å². The summed E-state index contributed by atoms with van der Waals surface area (Å²) >= 11 is 17.8. The van der Waals surface area contributed by atoms with E-state index in [-0.39, 0.29) is 5.78 Å². The van der Waals surface area contributed by atoms with E-state index in [1.807, 2.05) is 12.1 Å². The maximum atomic E-state index is 12.1. The Morgan fingerprint density at radius 1 is 1.00 bits per heavy atom. The fourth-order valence-electron chi connectivity index (χ4n) is 2.44. The molecule has 0 aliphatic rings. The first kappa shape index (κ1) is 16.3. The molecule has 0 saturated heterocycles. The molecule has 2 aromatic carbocycles. The molecule has 0 radical (unpaired) electrons. The summed E-state index contributed by atoms with van der Waals surface area (Å²) in [6.45, 7) is 0. The number of aromatic nitrogens is 2. The number of Topliss-reactive ketones (excluding diaryl/α,β-unsaturated/α-hetero) is 1. The molecule has 0 atom stereocenters. The Hall–Kier alpha value is -1.55. The Labute approximate surface area is 148 Å². The Morgan fingerprint density at radius 3 is 2.48 bits per heavy atom. The molecule has 23 heavy (non-hydrogen) atoms. The van der Waals surface area contributed by atoms with Crippen LogP contribution in [0.15, 0.2) is 36.4 Å². The van der Waals surface area contributed by atoms with Crippen LogP contribution in [0, 0.1) is 0 Å². The van der Waals surface area contributed by atoms with E-state index >= 15 is 0 Å². The zero-order chi connectivity index (χ0) is 16.4. The molecular weight excluding hydrogens is 355 g/mol. The summed E-state index contributed by atoms with van der Waals surface area (Å²) in [5, 5.41) is 1.73. The van der Waals surface area contributed by atoms with Crippen LogP contribution < -0.4 is 0 Å². The number of nitrogens with one attached hydrogen (secondary N) is 1. The lowest BCUT2D eigenvalue weighted by Gasteiger charge is -2.02. The predicted molar refractivity (Wildman–Crippen MR) is 94.6 cm³/mol. The number of nitrogens with zero attached hydrogens (tertiary/aromatic N) is 1. The first-order valence-corrected chi connectivity index (χ1v) is 8.24. The second-order valence-corrected chi connectivity index (χ2v) is 6.65. The third-order valence-electron chi connectivity index (χ3n) is 3.46. The van der Waals surface area contributed by atoms with Crippen LogP contribution in [0.3, 0.4) is 0 Å². The Bertz CT molecular complexity index is 853. The first-order chi connectivity index (χ1) is 11.0. The Balaban J connectivity index is 1.63. The van der Waals surface area contributed by atoms with E-state index in [9.17, 15) is 4.79 Å². The topological polar surface area (TPSA) is 45.8 Å². The van der Waals surface area contributed by atoms with Gasteiger partial charge in [-0.2, -0.15) is 0 Å². The van der Waals surface area contributed by atoms with E-state index in [4.69, 9.17) is 34.8 Å². The van der Waals surface area contributed by atoms with Crippen molar-refractivity contribution in [1.82, 2.24) is 9.97 Å². The van der Waals surface area contributed by atoms with Gasteiger partial charge in [-0.3, -0.25) is 4.79 Å². The summed E-state index contributed by atoms with van der Waals surface area (Å²) in [7, 11) is 0. The molecule has 118 valence electrons. The number of aromatic amines is 1. The summed E-state index contributed by atoms with van der Waals surface area (Å²) in [5.41, 5.74) is 2.55. The number of aryl methyl sites for hydroxylation is 1. The van der Waals surface area contributed by atoms with Crippen molar-refractivity contribution < 1.29 is 4.79 Å². The number of benzene rings is 2. The van der Waals surface area contributed by atoms with Crippen LogP contribution in [0.25, 0.3) is 11.0 Å². The van der Waals surface area contributed by atoms with Crippen LogP contribution in [0.2, 0.25) is 15.1 Å². The maximum absolute atomic E-state index is 12.1. The third-order valence-corrected chi connectivity index (χ3v) is 4.13. The summed E-state index contributed by atoms with van der Waals surface area (Å²) in [6, 6.07) is 10.6. The van der Waals surface area contributed by atoms with Gasteiger partial charge >= 0.3 is 0 Å². The minimum Gasteiger partial charge on any atom is -0.342 e. The number of H-pyrrole nitrogens is 1. The van der Waals surface area contributed by atoms with Crippen molar-refractivity contribution in [2.45, 2.75) is 19.3 Å². The molecule has 3 aromatic rings. The molecular formula is C17H13Cl3N2O. The molecule has 0 spiro atoms. The second kappa shape index (κ2) is 6.91.